The molecule has 0 saturated heterocycles. The van der Waals surface area contributed by atoms with Gasteiger partial charge in [0.15, 0.2) is 5.76 Å². The predicted molar refractivity (Wildman–Crippen MR) is 61.5 cm³/mol. The Morgan fingerprint density at radius 3 is 3.06 bits per heavy atom. The fraction of sp³-hybridized carbons (Fsp3) is 0.455. The highest BCUT2D eigenvalue weighted by atomic mass is 16.3. The van der Waals surface area contributed by atoms with Crippen LogP contribution in [0, 0.1) is 11.3 Å². The third kappa shape index (κ3) is 3.31. The van der Waals surface area contributed by atoms with Gasteiger partial charge in [0.1, 0.15) is 0 Å². The molecule has 6 heteroatoms. The van der Waals surface area contributed by atoms with Crippen molar-refractivity contribution in [1.82, 2.24) is 10.3 Å². The zero-order valence-corrected chi connectivity index (χ0v) is 9.93. The molecule has 1 aromatic rings. The summed E-state index contributed by atoms with van der Waals surface area (Å²) in [5.41, 5.74) is 2.78. The zero-order chi connectivity index (χ0) is 12.8. The number of hydrazine groups is 1. The Morgan fingerprint density at radius 1 is 1.76 bits per heavy atom. The molecule has 0 bridgehead atoms. The van der Waals surface area contributed by atoms with Crippen molar-refractivity contribution in [3.63, 3.8) is 0 Å². The Hall–Kier alpha value is -1.84. The van der Waals surface area contributed by atoms with Gasteiger partial charge in [-0.2, -0.15) is 5.26 Å². The lowest BCUT2D eigenvalue weighted by atomic mass is 10.2. The molecule has 3 N–H and O–H groups in total. The average molecular weight is 236 g/mol. The Balaban J connectivity index is 2.72. The molecule has 92 valence electrons. The molecule has 0 aliphatic rings. The second kappa shape index (κ2) is 6.03. The topological polar surface area (TPSA) is 95.3 Å². The largest absolute Gasteiger partial charge is 0.459 e. The highest BCUT2D eigenvalue weighted by Crippen LogP contribution is 2.14. The van der Waals surface area contributed by atoms with Crippen LogP contribution in [0.3, 0.4) is 0 Å². The van der Waals surface area contributed by atoms with Crippen LogP contribution < -0.4 is 11.3 Å². The molecule has 1 aromatic heterocycles. The van der Waals surface area contributed by atoms with Crippen LogP contribution in [-0.2, 0) is 6.54 Å². The summed E-state index contributed by atoms with van der Waals surface area (Å²) in [7, 11) is 1.89. The lowest BCUT2D eigenvalue weighted by Gasteiger charge is -2.22. The molecule has 6 nitrogen and oxygen atoms in total. The number of carbonyl (C=O) groups excluding carboxylic acids is 1. The molecule has 0 aromatic carbocycles. The number of hydrogen-bond acceptors (Lipinski definition) is 5. The summed E-state index contributed by atoms with van der Waals surface area (Å²) < 4.78 is 5.07. The van der Waals surface area contributed by atoms with Crippen LogP contribution in [0.5, 0.6) is 0 Å². The molecule has 0 fully saturated rings. The highest BCUT2D eigenvalue weighted by molar-refractivity contribution is 5.92. The number of hydrogen-bond donors (Lipinski definition) is 2. The number of nitrogens with two attached hydrogens (primary N) is 1. The van der Waals surface area contributed by atoms with Crippen LogP contribution in [0.25, 0.3) is 0 Å². The lowest BCUT2D eigenvalue weighted by molar-refractivity contribution is 0.0922. The van der Waals surface area contributed by atoms with Gasteiger partial charge in [-0.15, -0.1) is 0 Å². The van der Waals surface area contributed by atoms with E-state index in [1.54, 1.807) is 6.07 Å². The van der Waals surface area contributed by atoms with Gasteiger partial charge in [-0.25, -0.2) is 5.84 Å². The quantitative estimate of drug-likeness (QED) is 0.444. The minimum absolute atomic E-state index is 0.115. The van der Waals surface area contributed by atoms with Crippen molar-refractivity contribution in [2.45, 2.75) is 25.9 Å². The van der Waals surface area contributed by atoms with Crippen LogP contribution >= 0.6 is 0 Å². The van der Waals surface area contributed by atoms with Gasteiger partial charge in [-0.3, -0.25) is 15.1 Å². The molecule has 1 atom stereocenters. The normalized spacial score (nSPS) is 12.2. The Kier molecular flexibility index (Phi) is 4.69. The van der Waals surface area contributed by atoms with E-state index in [1.165, 1.54) is 6.26 Å². The molecular formula is C11H16N4O2. The Bertz CT molecular complexity index is 421. The molecule has 1 rings (SSSR count). The van der Waals surface area contributed by atoms with Crippen molar-refractivity contribution in [2.75, 3.05) is 7.05 Å². The van der Waals surface area contributed by atoms with Gasteiger partial charge in [0, 0.05) is 18.2 Å². The average Bonchev–Trinajstić information content (AvgIpc) is 2.76. The summed E-state index contributed by atoms with van der Waals surface area (Å²) in [6, 6.07) is 3.95. The van der Waals surface area contributed by atoms with Crippen LogP contribution in [0.2, 0.25) is 0 Å². The van der Waals surface area contributed by atoms with Crippen molar-refractivity contribution in [3.8, 4) is 6.07 Å². The van der Waals surface area contributed by atoms with E-state index < -0.39 is 5.91 Å². The summed E-state index contributed by atoms with van der Waals surface area (Å²) in [6.45, 7) is 2.48. The number of rotatable bonds is 5. The number of nitrogens with zero attached hydrogens (tertiary/aromatic N) is 2. The van der Waals surface area contributed by atoms with Crippen LogP contribution in [0.1, 0.15) is 29.5 Å². The third-order valence-electron chi connectivity index (χ3n) is 2.64. The van der Waals surface area contributed by atoms with Gasteiger partial charge >= 0.3 is 5.91 Å². The number of nitrogens with one attached hydrogen (secondary N) is 1. The van der Waals surface area contributed by atoms with Crippen molar-refractivity contribution in [1.29, 1.82) is 5.26 Å². The van der Waals surface area contributed by atoms with E-state index >= 15 is 0 Å². The number of furan rings is 1. The lowest BCUT2D eigenvalue weighted by Crippen LogP contribution is -2.32. The van der Waals surface area contributed by atoms with Crippen molar-refractivity contribution in [3.05, 3.63) is 23.7 Å². The summed E-state index contributed by atoms with van der Waals surface area (Å²) in [5.74, 6) is 4.81. The van der Waals surface area contributed by atoms with E-state index in [4.69, 9.17) is 15.5 Å². The number of nitrogen functional groups attached to an aromatic ring is 1. The van der Waals surface area contributed by atoms with Gasteiger partial charge in [0.05, 0.1) is 18.8 Å². The number of nitriles is 1. The van der Waals surface area contributed by atoms with Gasteiger partial charge in [0.2, 0.25) is 0 Å². The standard InChI is InChI=1S/C11H16N4O2/c1-8(3-5-12)15(2)7-9-4-6-17-10(9)11(16)14-13/h4,6,8H,3,7,13H2,1-2H3,(H,14,16). The second-order valence-electron chi connectivity index (χ2n) is 3.87. The van der Waals surface area contributed by atoms with Gasteiger partial charge in [0.25, 0.3) is 0 Å². The number of carbonyl (C=O) groups is 1. The second-order valence-corrected chi connectivity index (χ2v) is 3.87. The van der Waals surface area contributed by atoms with E-state index in [9.17, 15) is 4.79 Å². The fourth-order valence-corrected chi connectivity index (χ4v) is 1.44. The molecule has 0 saturated carbocycles. The van der Waals surface area contributed by atoms with E-state index in [1.807, 2.05) is 24.3 Å². The molecule has 0 radical (unpaired) electrons. The summed E-state index contributed by atoms with van der Waals surface area (Å²) in [5, 5.41) is 8.62. The highest BCUT2D eigenvalue weighted by Gasteiger charge is 2.17. The molecule has 0 aliphatic heterocycles. The first-order chi connectivity index (χ1) is 8.10. The first-order valence-electron chi connectivity index (χ1n) is 5.24. The molecule has 1 amide bonds. The molecule has 0 spiro atoms. The van der Waals surface area contributed by atoms with E-state index in [2.05, 4.69) is 6.07 Å². The van der Waals surface area contributed by atoms with Crippen LogP contribution in [-0.4, -0.2) is 23.9 Å². The van der Waals surface area contributed by atoms with Gasteiger partial charge in [-0.05, 0) is 20.0 Å². The van der Waals surface area contributed by atoms with E-state index in [0.29, 0.717) is 13.0 Å². The van der Waals surface area contributed by atoms with Gasteiger partial charge in [-0.1, -0.05) is 0 Å². The minimum atomic E-state index is -0.452. The zero-order valence-electron chi connectivity index (χ0n) is 9.93. The van der Waals surface area contributed by atoms with E-state index in [0.717, 1.165) is 5.56 Å². The van der Waals surface area contributed by atoms with Crippen molar-refractivity contribution >= 4 is 5.91 Å². The first kappa shape index (κ1) is 13.2. The molecule has 17 heavy (non-hydrogen) atoms. The summed E-state index contributed by atoms with van der Waals surface area (Å²) >= 11 is 0. The molecule has 1 heterocycles. The summed E-state index contributed by atoms with van der Waals surface area (Å²) in [4.78, 5) is 13.3. The molecule has 1 unspecified atom stereocenters. The summed E-state index contributed by atoms with van der Waals surface area (Å²) in [6.07, 6.45) is 1.88. The van der Waals surface area contributed by atoms with Crippen LogP contribution in [0.15, 0.2) is 16.7 Å². The monoisotopic (exact) mass is 236 g/mol. The van der Waals surface area contributed by atoms with E-state index in [-0.39, 0.29) is 11.8 Å². The van der Waals surface area contributed by atoms with Crippen molar-refractivity contribution < 1.29 is 9.21 Å². The maximum atomic E-state index is 11.4. The third-order valence-corrected chi connectivity index (χ3v) is 2.64. The molecule has 0 aliphatic carbocycles. The maximum absolute atomic E-state index is 11.4. The SMILES string of the molecule is CC(CC#N)N(C)Cc1ccoc1C(=O)NN. The Morgan fingerprint density at radius 2 is 2.47 bits per heavy atom. The molecular weight excluding hydrogens is 220 g/mol. The smallest absolute Gasteiger partial charge is 0.301 e. The van der Waals surface area contributed by atoms with Gasteiger partial charge < -0.3 is 4.42 Å². The maximum Gasteiger partial charge on any atom is 0.301 e. The fourth-order valence-electron chi connectivity index (χ4n) is 1.44. The predicted octanol–water partition coefficient (Wildman–Crippen LogP) is 0.617. The number of amides is 1. The minimum Gasteiger partial charge on any atom is -0.459 e. The first-order valence-corrected chi connectivity index (χ1v) is 5.24. The van der Waals surface area contributed by atoms with Crippen LogP contribution in [0.4, 0.5) is 0 Å². The Labute approximate surface area is 100.0 Å². The van der Waals surface area contributed by atoms with Crippen molar-refractivity contribution in [2.24, 2.45) is 5.84 Å².